The fourth-order valence-corrected chi connectivity index (χ4v) is 5.02. The van der Waals surface area contributed by atoms with Gasteiger partial charge in [-0.3, -0.25) is 9.59 Å². The first kappa shape index (κ1) is 18.3. The van der Waals surface area contributed by atoms with Crippen LogP contribution in [0, 0.1) is 0 Å². The molecule has 1 aromatic heterocycles. The Kier molecular flexibility index (Phi) is 5.33. The summed E-state index contributed by atoms with van der Waals surface area (Å²) in [7, 11) is 0. The standard InChI is InChI=1S/C19H26N4O3S/c24-17-16-12-22(19(26)20-13-5-2-1-3-6-13)8-9-23(16)18(25)15(21-17)11-14-7-4-10-27-14/h4,7,10,13,15-16H,1-3,5-6,8-9,11-12H2,(H,20,26)(H,21,24)/t15-,16+/m1/s1. The molecule has 8 heteroatoms. The molecule has 2 N–H and O–H groups in total. The van der Waals surface area contributed by atoms with Crippen LogP contribution in [0.2, 0.25) is 0 Å². The molecule has 4 amide bonds. The van der Waals surface area contributed by atoms with E-state index < -0.39 is 12.1 Å². The zero-order chi connectivity index (χ0) is 18.8. The van der Waals surface area contributed by atoms with Crippen LogP contribution in [0.3, 0.4) is 0 Å². The minimum atomic E-state index is -0.581. The Balaban J connectivity index is 1.36. The number of carbonyl (C=O) groups excluding carboxylic acids is 3. The SMILES string of the molecule is O=C1N[C@H](Cc2cccs2)C(=O)N2CCN(C(=O)NC3CCCCC3)C[C@@H]12. The van der Waals surface area contributed by atoms with Crippen LogP contribution in [0.1, 0.15) is 37.0 Å². The molecule has 146 valence electrons. The lowest BCUT2D eigenvalue weighted by molar-refractivity contribution is -0.152. The molecular weight excluding hydrogens is 364 g/mol. The van der Waals surface area contributed by atoms with Gasteiger partial charge in [-0.1, -0.05) is 25.3 Å². The zero-order valence-electron chi connectivity index (χ0n) is 15.4. The fraction of sp³-hybridized carbons (Fsp3) is 0.632. The molecule has 1 aromatic rings. The van der Waals surface area contributed by atoms with E-state index in [2.05, 4.69) is 10.6 Å². The maximum absolute atomic E-state index is 12.8. The number of piperazine rings is 2. The predicted molar refractivity (Wildman–Crippen MR) is 102 cm³/mol. The van der Waals surface area contributed by atoms with Crippen LogP contribution in [-0.4, -0.2) is 65.4 Å². The van der Waals surface area contributed by atoms with Crippen LogP contribution in [-0.2, 0) is 16.0 Å². The van der Waals surface area contributed by atoms with Gasteiger partial charge in [-0.05, 0) is 24.3 Å². The monoisotopic (exact) mass is 390 g/mol. The van der Waals surface area contributed by atoms with Crippen molar-refractivity contribution in [3.05, 3.63) is 22.4 Å². The third-order valence-electron chi connectivity index (χ3n) is 5.79. The van der Waals surface area contributed by atoms with Crippen LogP contribution in [0.25, 0.3) is 0 Å². The second-order valence-electron chi connectivity index (χ2n) is 7.62. The number of urea groups is 1. The van der Waals surface area contributed by atoms with Gasteiger partial charge in [0.15, 0.2) is 0 Å². The molecule has 0 radical (unpaired) electrons. The maximum atomic E-state index is 12.8. The minimum Gasteiger partial charge on any atom is -0.342 e. The highest BCUT2D eigenvalue weighted by Gasteiger charge is 2.44. The summed E-state index contributed by atoms with van der Waals surface area (Å²) in [5.41, 5.74) is 0. The molecule has 2 saturated heterocycles. The van der Waals surface area contributed by atoms with Gasteiger partial charge in [0, 0.05) is 30.4 Å². The van der Waals surface area contributed by atoms with Gasteiger partial charge in [-0.15, -0.1) is 11.3 Å². The first-order valence-corrected chi connectivity index (χ1v) is 10.7. The summed E-state index contributed by atoms with van der Waals surface area (Å²) in [5.74, 6) is -0.202. The molecule has 27 heavy (non-hydrogen) atoms. The van der Waals surface area contributed by atoms with Crippen molar-refractivity contribution in [3.8, 4) is 0 Å². The Morgan fingerprint density at radius 1 is 1.22 bits per heavy atom. The highest BCUT2D eigenvalue weighted by Crippen LogP contribution is 2.21. The van der Waals surface area contributed by atoms with Crippen molar-refractivity contribution in [2.24, 2.45) is 0 Å². The Labute approximate surface area is 163 Å². The van der Waals surface area contributed by atoms with Crippen molar-refractivity contribution in [1.29, 1.82) is 0 Å². The van der Waals surface area contributed by atoms with E-state index in [1.165, 1.54) is 6.42 Å². The van der Waals surface area contributed by atoms with Crippen LogP contribution >= 0.6 is 11.3 Å². The topological polar surface area (TPSA) is 81.8 Å². The van der Waals surface area contributed by atoms with E-state index >= 15 is 0 Å². The summed E-state index contributed by atoms with van der Waals surface area (Å²) in [6, 6.07) is 2.97. The van der Waals surface area contributed by atoms with Gasteiger partial charge in [0.05, 0.1) is 6.54 Å². The molecule has 2 atom stereocenters. The van der Waals surface area contributed by atoms with Gasteiger partial charge in [0.1, 0.15) is 12.1 Å². The number of nitrogens with zero attached hydrogens (tertiary/aromatic N) is 2. The maximum Gasteiger partial charge on any atom is 0.317 e. The minimum absolute atomic E-state index is 0.0414. The third kappa shape index (κ3) is 3.95. The molecule has 0 spiro atoms. The van der Waals surface area contributed by atoms with Crippen molar-refractivity contribution in [2.75, 3.05) is 19.6 Å². The highest BCUT2D eigenvalue weighted by atomic mass is 32.1. The molecule has 1 saturated carbocycles. The number of hydrogen-bond acceptors (Lipinski definition) is 4. The van der Waals surface area contributed by atoms with Gasteiger partial charge < -0.3 is 20.4 Å². The van der Waals surface area contributed by atoms with E-state index in [0.29, 0.717) is 19.5 Å². The van der Waals surface area contributed by atoms with E-state index in [1.54, 1.807) is 21.1 Å². The molecule has 1 aliphatic carbocycles. The third-order valence-corrected chi connectivity index (χ3v) is 6.68. The number of amides is 4. The summed E-state index contributed by atoms with van der Waals surface area (Å²) < 4.78 is 0. The van der Waals surface area contributed by atoms with E-state index in [4.69, 9.17) is 0 Å². The molecule has 2 aliphatic heterocycles. The predicted octanol–water partition coefficient (Wildman–Crippen LogP) is 1.34. The van der Waals surface area contributed by atoms with Crippen molar-refractivity contribution in [1.82, 2.24) is 20.4 Å². The molecule has 4 rings (SSSR count). The number of nitrogens with one attached hydrogen (secondary N) is 2. The Morgan fingerprint density at radius 2 is 2.04 bits per heavy atom. The molecule has 3 aliphatic rings. The van der Waals surface area contributed by atoms with Crippen LogP contribution in [0.15, 0.2) is 17.5 Å². The lowest BCUT2D eigenvalue weighted by Gasteiger charge is -2.45. The average molecular weight is 391 g/mol. The molecule has 3 fully saturated rings. The van der Waals surface area contributed by atoms with Crippen molar-refractivity contribution in [3.63, 3.8) is 0 Å². The Hall–Kier alpha value is -2.09. The lowest BCUT2D eigenvalue weighted by Crippen LogP contribution is -2.70. The summed E-state index contributed by atoms with van der Waals surface area (Å²) in [6.45, 7) is 1.15. The Morgan fingerprint density at radius 3 is 2.78 bits per heavy atom. The number of hydrogen-bond donors (Lipinski definition) is 2. The summed E-state index contributed by atoms with van der Waals surface area (Å²) in [4.78, 5) is 42.4. The summed E-state index contributed by atoms with van der Waals surface area (Å²) in [6.07, 6.45) is 6.13. The van der Waals surface area contributed by atoms with Crippen molar-refractivity contribution >= 4 is 29.2 Å². The second kappa shape index (κ2) is 7.88. The first-order chi connectivity index (χ1) is 13.1. The molecule has 0 bridgehead atoms. The molecule has 3 heterocycles. The summed E-state index contributed by atoms with van der Waals surface area (Å²) >= 11 is 1.59. The number of thiophene rings is 1. The summed E-state index contributed by atoms with van der Waals surface area (Å²) in [5, 5.41) is 7.93. The van der Waals surface area contributed by atoms with Gasteiger partial charge in [0.2, 0.25) is 11.8 Å². The number of rotatable bonds is 3. The fourth-order valence-electron chi connectivity index (χ4n) is 4.27. The van der Waals surface area contributed by atoms with Gasteiger partial charge in [-0.25, -0.2) is 4.79 Å². The number of carbonyl (C=O) groups is 3. The highest BCUT2D eigenvalue weighted by molar-refractivity contribution is 7.09. The van der Waals surface area contributed by atoms with E-state index in [0.717, 1.165) is 30.6 Å². The first-order valence-electron chi connectivity index (χ1n) is 9.80. The lowest BCUT2D eigenvalue weighted by atomic mass is 9.95. The quantitative estimate of drug-likeness (QED) is 0.817. The molecular formula is C19H26N4O3S. The molecule has 0 aromatic carbocycles. The van der Waals surface area contributed by atoms with Crippen molar-refractivity contribution in [2.45, 2.75) is 56.7 Å². The van der Waals surface area contributed by atoms with E-state index in [1.807, 2.05) is 17.5 Å². The van der Waals surface area contributed by atoms with Gasteiger partial charge in [-0.2, -0.15) is 0 Å². The van der Waals surface area contributed by atoms with Crippen LogP contribution in [0.4, 0.5) is 4.79 Å². The average Bonchev–Trinajstić information content (AvgIpc) is 3.19. The largest absolute Gasteiger partial charge is 0.342 e. The van der Waals surface area contributed by atoms with Crippen LogP contribution in [0.5, 0.6) is 0 Å². The molecule has 0 unspecified atom stereocenters. The van der Waals surface area contributed by atoms with Gasteiger partial charge >= 0.3 is 6.03 Å². The Bertz CT molecular complexity index is 702. The van der Waals surface area contributed by atoms with E-state index in [-0.39, 0.29) is 30.4 Å². The van der Waals surface area contributed by atoms with Gasteiger partial charge in [0.25, 0.3) is 0 Å². The van der Waals surface area contributed by atoms with E-state index in [9.17, 15) is 14.4 Å². The second-order valence-corrected chi connectivity index (χ2v) is 8.65. The van der Waals surface area contributed by atoms with Crippen LogP contribution < -0.4 is 10.6 Å². The smallest absolute Gasteiger partial charge is 0.317 e. The number of fused-ring (bicyclic) bond motifs is 1. The van der Waals surface area contributed by atoms with Crippen molar-refractivity contribution < 1.29 is 14.4 Å². The normalized spacial score (nSPS) is 26.5. The zero-order valence-corrected chi connectivity index (χ0v) is 16.2. The molecule has 7 nitrogen and oxygen atoms in total.